The Morgan fingerprint density at radius 3 is 2.65 bits per heavy atom. The maximum Gasteiger partial charge on any atom is 0.241 e. The molecule has 1 aromatic heterocycles. The molecule has 7 nitrogen and oxygen atoms in total. The highest BCUT2D eigenvalue weighted by Crippen LogP contribution is 2.15. The Balaban J connectivity index is 2.18. The fourth-order valence-electron chi connectivity index (χ4n) is 1.75. The largest absolute Gasteiger partial charge is 0.340 e. The van der Waals surface area contributed by atoms with Gasteiger partial charge in [0.2, 0.25) is 15.9 Å². The number of benzene rings is 1. The Labute approximate surface area is 117 Å². The summed E-state index contributed by atoms with van der Waals surface area (Å²) in [5.41, 5.74) is 0.701. The van der Waals surface area contributed by atoms with Gasteiger partial charge in [-0.25, -0.2) is 13.1 Å². The summed E-state index contributed by atoms with van der Waals surface area (Å²) in [6.45, 7) is 2.11. The zero-order valence-electron chi connectivity index (χ0n) is 11.3. The maximum absolute atomic E-state index is 12.3. The lowest BCUT2D eigenvalue weighted by Gasteiger charge is -2.10. The molecule has 0 aliphatic heterocycles. The molecular weight excluding hydrogens is 280 g/mol. The molecule has 0 atom stereocenters. The molecule has 0 radical (unpaired) electrons. The topological polar surface area (TPSA) is 97.1 Å². The van der Waals surface area contributed by atoms with Gasteiger partial charge in [-0.15, -0.1) is 0 Å². The molecule has 2 N–H and O–H groups in total. The zero-order valence-corrected chi connectivity index (χ0v) is 12.1. The van der Waals surface area contributed by atoms with Gasteiger partial charge in [0.1, 0.15) is 0 Å². The number of nitrogens with zero attached hydrogens (tertiary/aromatic N) is 2. The van der Waals surface area contributed by atoms with Crippen molar-refractivity contribution in [2.75, 3.05) is 7.05 Å². The Morgan fingerprint density at radius 1 is 1.25 bits per heavy atom. The highest BCUT2D eigenvalue weighted by atomic mass is 32.2. The van der Waals surface area contributed by atoms with Crippen LogP contribution in [0.1, 0.15) is 17.3 Å². The van der Waals surface area contributed by atoms with Gasteiger partial charge in [0.05, 0.1) is 11.4 Å². The van der Waals surface area contributed by atoms with Crippen molar-refractivity contribution in [1.82, 2.24) is 20.2 Å². The first-order chi connectivity index (χ1) is 9.53. The quantitative estimate of drug-likeness (QED) is 0.809. The number of nitrogens with one attached hydrogen (secondary N) is 2. The van der Waals surface area contributed by atoms with Crippen LogP contribution in [0, 0.1) is 6.92 Å². The van der Waals surface area contributed by atoms with Crippen LogP contribution < -0.4 is 10.0 Å². The van der Waals surface area contributed by atoms with Gasteiger partial charge in [-0.3, -0.25) is 0 Å². The summed E-state index contributed by atoms with van der Waals surface area (Å²) in [4.78, 5) is 4.19. The van der Waals surface area contributed by atoms with Crippen molar-refractivity contribution in [1.29, 1.82) is 0 Å². The number of aromatic nitrogens is 2. The first-order valence-corrected chi connectivity index (χ1v) is 7.52. The summed E-state index contributed by atoms with van der Waals surface area (Å²) in [6, 6.07) is 6.82. The molecule has 1 aromatic carbocycles. The van der Waals surface area contributed by atoms with E-state index in [1.807, 2.05) is 0 Å². The lowest BCUT2D eigenvalue weighted by Crippen LogP contribution is -2.25. The predicted molar refractivity (Wildman–Crippen MR) is 72.3 cm³/mol. The Kier molecular flexibility index (Phi) is 4.48. The van der Waals surface area contributed by atoms with E-state index in [0.717, 1.165) is 0 Å². The van der Waals surface area contributed by atoms with Crippen LogP contribution in [0.2, 0.25) is 0 Å². The normalized spacial score (nSPS) is 11.7. The Bertz CT molecular complexity index is 682. The average Bonchev–Trinajstić information content (AvgIpc) is 2.83. The van der Waals surface area contributed by atoms with Gasteiger partial charge in [-0.05, 0) is 18.7 Å². The van der Waals surface area contributed by atoms with E-state index in [-0.39, 0.29) is 11.4 Å². The molecule has 0 fully saturated rings. The van der Waals surface area contributed by atoms with Crippen molar-refractivity contribution in [3.63, 3.8) is 0 Å². The Morgan fingerprint density at radius 2 is 2.00 bits per heavy atom. The molecule has 0 saturated carbocycles. The first kappa shape index (κ1) is 14.6. The van der Waals surface area contributed by atoms with E-state index < -0.39 is 10.0 Å². The van der Waals surface area contributed by atoms with Crippen molar-refractivity contribution in [3.05, 3.63) is 41.5 Å². The van der Waals surface area contributed by atoms with Gasteiger partial charge in [0.15, 0.2) is 5.82 Å². The van der Waals surface area contributed by atoms with Crippen molar-refractivity contribution in [2.45, 2.75) is 24.9 Å². The lowest BCUT2D eigenvalue weighted by molar-refractivity contribution is 0.387. The third-order valence-corrected chi connectivity index (χ3v) is 4.12. The molecule has 1 heterocycles. The lowest BCUT2D eigenvalue weighted by atomic mass is 10.2. The minimum Gasteiger partial charge on any atom is -0.340 e. The molecule has 0 bridgehead atoms. The first-order valence-electron chi connectivity index (χ1n) is 6.04. The van der Waals surface area contributed by atoms with Crippen LogP contribution in [-0.4, -0.2) is 25.6 Å². The summed E-state index contributed by atoms with van der Waals surface area (Å²) >= 11 is 0. The molecular formula is C12H16N4O3S. The standard InChI is InChI=1S/C12H16N4O3S/c1-9-15-12(16-19-9)8-14-20(17,18)11-6-4-3-5-10(11)7-13-2/h3-6,13-14H,7-8H2,1-2H3. The number of aryl methyl sites for hydroxylation is 1. The molecule has 8 heteroatoms. The van der Waals surface area contributed by atoms with Crippen molar-refractivity contribution < 1.29 is 12.9 Å². The summed E-state index contributed by atoms with van der Waals surface area (Å²) < 4.78 is 31.8. The molecule has 2 rings (SSSR count). The van der Waals surface area contributed by atoms with E-state index >= 15 is 0 Å². The smallest absolute Gasteiger partial charge is 0.241 e. The molecule has 0 saturated heterocycles. The summed E-state index contributed by atoms with van der Waals surface area (Å²) in [7, 11) is -1.85. The number of hydrogen-bond donors (Lipinski definition) is 2. The monoisotopic (exact) mass is 296 g/mol. The van der Waals surface area contributed by atoms with Gasteiger partial charge in [0, 0.05) is 13.5 Å². The van der Waals surface area contributed by atoms with E-state index in [0.29, 0.717) is 23.8 Å². The minimum absolute atomic E-state index is 0.00639. The fraction of sp³-hybridized carbons (Fsp3) is 0.333. The van der Waals surface area contributed by atoms with Gasteiger partial charge in [0.25, 0.3) is 0 Å². The second kappa shape index (κ2) is 6.12. The van der Waals surface area contributed by atoms with E-state index in [1.54, 1.807) is 38.2 Å². The van der Waals surface area contributed by atoms with Crippen molar-refractivity contribution in [2.24, 2.45) is 0 Å². The molecule has 0 aliphatic rings. The van der Waals surface area contributed by atoms with E-state index in [1.165, 1.54) is 0 Å². The molecule has 20 heavy (non-hydrogen) atoms. The molecule has 0 amide bonds. The van der Waals surface area contributed by atoms with Crippen LogP contribution in [0.5, 0.6) is 0 Å². The van der Waals surface area contributed by atoms with Gasteiger partial charge in [-0.1, -0.05) is 23.4 Å². The number of rotatable bonds is 6. The van der Waals surface area contributed by atoms with Gasteiger partial charge >= 0.3 is 0 Å². The molecule has 2 aromatic rings. The van der Waals surface area contributed by atoms with Crippen LogP contribution in [0.4, 0.5) is 0 Å². The highest BCUT2D eigenvalue weighted by molar-refractivity contribution is 7.89. The highest BCUT2D eigenvalue weighted by Gasteiger charge is 2.18. The van der Waals surface area contributed by atoms with E-state index in [9.17, 15) is 8.42 Å². The third-order valence-electron chi connectivity index (χ3n) is 2.62. The van der Waals surface area contributed by atoms with Gasteiger partial charge < -0.3 is 9.84 Å². The molecule has 0 unspecified atom stereocenters. The SMILES string of the molecule is CNCc1ccccc1S(=O)(=O)NCc1noc(C)n1. The second-order valence-electron chi connectivity index (χ2n) is 4.19. The molecule has 0 aliphatic carbocycles. The average molecular weight is 296 g/mol. The minimum atomic E-state index is -3.61. The van der Waals surface area contributed by atoms with Crippen LogP contribution >= 0.6 is 0 Å². The van der Waals surface area contributed by atoms with E-state index in [2.05, 4.69) is 20.2 Å². The molecule has 0 spiro atoms. The van der Waals surface area contributed by atoms with Crippen LogP contribution in [-0.2, 0) is 23.1 Å². The number of hydrogen-bond acceptors (Lipinski definition) is 6. The summed E-state index contributed by atoms with van der Waals surface area (Å²) in [5, 5.41) is 6.59. The fourth-order valence-corrected chi connectivity index (χ4v) is 2.97. The number of sulfonamides is 1. The van der Waals surface area contributed by atoms with Crippen molar-refractivity contribution >= 4 is 10.0 Å². The van der Waals surface area contributed by atoms with Crippen LogP contribution in [0.15, 0.2) is 33.7 Å². The molecule has 108 valence electrons. The maximum atomic E-state index is 12.3. The van der Waals surface area contributed by atoms with Crippen molar-refractivity contribution in [3.8, 4) is 0 Å². The van der Waals surface area contributed by atoms with Crippen LogP contribution in [0.3, 0.4) is 0 Å². The van der Waals surface area contributed by atoms with Crippen LogP contribution in [0.25, 0.3) is 0 Å². The zero-order chi connectivity index (χ0) is 14.6. The summed E-state index contributed by atoms with van der Waals surface area (Å²) in [6.07, 6.45) is 0. The van der Waals surface area contributed by atoms with E-state index in [4.69, 9.17) is 4.52 Å². The summed E-state index contributed by atoms with van der Waals surface area (Å²) in [5.74, 6) is 0.701. The van der Waals surface area contributed by atoms with Gasteiger partial charge in [-0.2, -0.15) is 4.98 Å². The third kappa shape index (κ3) is 3.41. The Hall–Kier alpha value is -1.77. The second-order valence-corrected chi connectivity index (χ2v) is 5.93. The predicted octanol–water partition coefficient (Wildman–Crippen LogP) is 0.576.